The Labute approximate surface area is 89.5 Å². The second kappa shape index (κ2) is 3.54. The maximum absolute atomic E-state index is 13.3. The molecule has 1 saturated heterocycles. The van der Waals surface area contributed by atoms with Gasteiger partial charge in [0.05, 0.1) is 0 Å². The molecule has 1 aliphatic rings. The van der Waals surface area contributed by atoms with Crippen LogP contribution in [-0.2, 0) is 4.79 Å². The Morgan fingerprint density at radius 2 is 2.07 bits per heavy atom. The lowest BCUT2D eigenvalue weighted by Gasteiger charge is -2.09. The minimum absolute atomic E-state index is 0.0487. The van der Waals surface area contributed by atoms with Crippen molar-refractivity contribution in [2.75, 3.05) is 0 Å². The molecule has 0 aromatic heterocycles. The van der Waals surface area contributed by atoms with Gasteiger partial charge in [-0.15, -0.1) is 0 Å². The smallest absolute Gasteiger partial charge is 0.253 e. The van der Waals surface area contributed by atoms with E-state index in [0.29, 0.717) is 0 Å². The first-order chi connectivity index (χ1) is 7.09. The highest BCUT2D eigenvalue weighted by Gasteiger charge is 2.31. The molecule has 78 valence electrons. The van der Waals surface area contributed by atoms with Crippen LogP contribution >= 0.6 is 12.2 Å². The SMILES string of the molecule is O=C1NC(=S)NC1c1cccc(F)c1F. The van der Waals surface area contributed by atoms with Gasteiger partial charge in [-0.2, -0.15) is 0 Å². The first-order valence-corrected chi connectivity index (χ1v) is 4.55. The molecule has 0 bridgehead atoms. The van der Waals surface area contributed by atoms with Crippen molar-refractivity contribution in [1.82, 2.24) is 10.6 Å². The Morgan fingerprint density at radius 3 is 2.67 bits per heavy atom. The Bertz CT molecular complexity index is 450. The van der Waals surface area contributed by atoms with Gasteiger partial charge >= 0.3 is 0 Å². The van der Waals surface area contributed by atoms with Gasteiger partial charge < -0.3 is 10.6 Å². The van der Waals surface area contributed by atoms with E-state index in [0.717, 1.165) is 6.07 Å². The van der Waals surface area contributed by atoms with Crippen LogP contribution in [0.4, 0.5) is 8.78 Å². The molecule has 1 aliphatic heterocycles. The number of nitrogens with one attached hydrogen (secondary N) is 2. The van der Waals surface area contributed by atoms with Crippen molar-refractivity contribution in [3.05, 3.63) is 35.4 Å². The van der Waals surface area contributed by atoms with E-state index < -0.39 is 23.6 Å². The highest BCUT2D eigenvalue weighted by atomic mass is 32.1. The number of hydrogen-bond acceptors (Lipinski definition) is 2. The second-order valence-electron chi connectivity index (χ2n) is 3.04. The number of thiocarbonyl (C=S) groups is 1. The van der Waals surface area contributed by atoms with Gasteiger partial charge in [0.2, 0.25) is 0 Å². The summed E-state index contributed by atoms with van der Waals surface area (Å²) in [6.07, 6.45) is 0. The summed E-state index contributed by atoms with van der Waals surface area (Å²) in [6, 6.07) is 2.71. The third kappa shape index (κ3) is 1.68. The minimum atomic E-state index is -1.03. The summed E-state index contributed by atoms with van der Waals surface area (Å²) in [5.74, 6) is -2.50. The number of hydrogen-bond donors (Lipinski definition) is 2. The molecule has 1 atom stereocenters. The van der Waals surface area contributed by atoms with Crippen LogP contribution in [0.5, 0.6) is 0 Å². The number of carbonyl (C=O) groups is 1. The summed E-state index contributed by atoms with van der Waals surface area (Å²) in [4.78, 5) is 11.3. The molecule has 1 unspecified atom stereocenters. The summed E-state index contributed by atoms with van der Waals surface area (Å²) in [6.45, 7) is 0. The Morgan fingerprint density at radius 1 is 1.33 bits per heavy atom. The van der Waals surface area contributed by atoms with E-state index in [9.17, 15) is 13.6 Å². The number of carbonyl (C=O) groups excluding carboxylic acids is 1. The van der Waals surface area contributed by atoms with Gasteiger partial charge in [-0.1, -0.05) is 12.1 Å². The monoisotopic (exact) mass is 228 g/mol. The van der Waals surface area contributed by atoms with E-state index >= 15 is 0 Å². The molecule has 0 aliphatic carbocycles. The molecule has 1 aromatic carbocycles. The number of amides is 1. The van der Waals surface area contributed by atoms with Gasteiger partial charge in [0.25, 0.3) is 5.91 Å². The first kappa shape index (κ1) is 9.97. The normalized spacial score (nSPS) is 20.0. The van der Waals surface area contributed by atoms with Crippen LogP contribution in [0.3, 0.4) is 0 Å². The predicted octanol–water partition coefficient (Wildman–Crippen LogP) is 1.01. The minimum Gasteiger partial charge on any atom is -0.347 e. The summed E-state index contributed by atoms with van der Waals surface area (Å²) < 4.78 is 26.2. The summed E-state index contributed by atoms with van der Waals surface area (Å²) >= 11 is 4.69. The number of rotatable bonds is 1. The van der Waals surface area contributed by atoms with Gasteiger partial charge in [0.15, 0.2) is 16.7 Å². The molecular weight excluding hydrogens is 222 g/mol. The molecule has 0 radical (unpaired) electrons. The fourth-order valence-electron chi connectivity index (χ4n) is 1.38. The molecule has 0 saturated carbocycles. The van der Waals surface area contributed by atoms with Crippen molar-refractivity contribution < 1.29 is 13.6 Å². The van der Waals surface area contributed by atoms with Crippen molar-refractivity contribution in [2.45, 2.75) is 6.04 Å². The molecule has 0 spiro atoms. The number of halogens is 2. The van der Waals surface area contributed by atoms with Gasteiger partial charge in [0.1, 0.15) is 6.04 Å². The molecule has 1 heterocycles. The van der Waals surface area contributed by atoms with Crippen molar-refractivity contribution in [1.29, 1.82) is 0 Å². The van der Waals surface area contributed by atoms with Crippen LogP contribution in [0.15, 0.2) is 18.2 Å². The van der Waals surface area contributed by atoms with Crippen LogP contribution in [0.1, 0.15) is 11.6 Å². The van der Waals surface area contributed by atoms with Gasteiger partial charge in [-0.05, 0) is 18.3 Å². The maximum Gasteiger partial charge on any atom is 0.253 e. The highest BCUT2D eigenvalue weighted by molar-refractivity contribution is 7.80. The average molecular weight is 228 g/mol. The van der Waals surface area contributed by atoms with Crippen LogP contribution in [-0.4, -0.2) is 11.0 Å². The zero-order valence-electron chi connectivity index (χ0n) is 7.38. The van der Waals surface area contributed by atoms with Gasteiger partial charge in [-0.25, -0.2) is 8.78 Å². The molecule has 15 heavy (non-hydrogen) atoms. The summed E-state index contributed by atoms with van der Waals surface area (Å²) in [7, 11) is 0. The maximum atomic E-state index is 13.3. The topological polar surface area (TPSA) is 41.1 Å². The average Bonchev–Trinajstić information content (AvgIpc) is 2.50. The standard InChI is InChI=1S/C9H6F2N2OS/c10-5-3-1-2-4(6(5)11)7-8(14)13-9(15)12-7/h1-3,7H,(H2,12,13,14,15). The lowest BCUT2D eigenvalue weighted by atomic mass is 10.1. The van der Waals surface area contributed by atoms with Crippen molar-refractivity contribution in [3.63, 3.8) is 0 Å². The summed E-state index contributed by atoms with van der Waals surface area (Å²) in [5, 5.41) is 4.98. The molecule has 1 fully saturated rings. The molecular formula is C9H6F2N2OS. The quantitative estimate of drug-likeness (QED) is 0.705. The second-order valence-corrected chi connectivity index (χ2v) is 3.45. The lowest BCUT2D eigenvalue weighted by Crippen LogP contribution is -2.22. The van der Waals surface area contributed by atoms with Gasteiger partial charge in [0, 0.05) is 5.56 Å². The lowest BCUT2D eigenvalue weighted by molar-refractivity contribution is -0.120. The molecule has 6 heteroatoms. The van der Waals surface area contributed by atoms with E-state index in [1.54, 1.807) is 0 Å². The van der Waals surface area contributed by atoms with Crippen molar-refractivity contribution >= 4 is 23.2 Å². The predicted molar refractivity (Wildman–Crippen MR) is 53.0 cm³/mol. The van der Waals surface area contributed by atoms with Crippen molar-refractivity contribution in [2.24, 2.45) is 0 Å². The van der Waals surface area contributed by atoms with Crippen LogP contribution in [0.25, 0.3) is 0 Å². The van der Waals surface area contributed by atoms with Crippen molar-refractivity contribution in [3.8, 4) is 0 Å². The Balaban J connectivity index is 2.42. The van der Waals surface area contributed by atoms with E-state index in [4.69, 9.17) is 12.2 Å². The fourth-order valence-corrected chi connectivity index (χ4v) is 1.60. The zero-order chi connectivity index (χ0) is 11.0. The molecule has 1 amide bonds. The summed E-state index contributed by atoms with van der Waals surface area (Å²) in [5.41, 5.74) is -0.0487. The van der Waals surface area contributed by atoms with Gasteiger partial charge in [-0.3, -0.25) is 4.79 Å². The molecule has 3 nitrogen and oxygen atoms in total. The largest absolute Gasteiger partial charge is 0.347 e. The van der Waals surface area contributed by atoms with E-state index in [2.05, 4.69) is 10.6 Å². The Kier molecular flexibility index (Phi) is 2.36. The fraction of sp³-hybridized carbons (Fsp3) is 0.111. The highest BCUT2D eigenvalue weighted by Crippen LogP contribution is 2.21. The van der Waals surface area contributed by atoms with Crippen LogP contribution in [0, 0.1) is 11.6 Å². The van der Waals surface area contributed by atoms with E-state index in [-0.39, 0.29) is 10.7 Å². The van der Waals surface area contributed by atoms with Crippen LogP contribution in [0.2, 0.25) is 0 Å². The first-order valence-electron chi connectivity index (χ1n) is 4.15. The third-order valence-electron chi connectivity index (χ3n) is 2.07. The Hall–Kier alpha value is -1.56. The van der Waals surface area contributed by atoms with Crippen LogP contribution < -0.4 is 10.6 Å². The molecule has 1 aromatic rings. The third-order valence-corrected chi connectivity index (χ3v) is 2.29. The van der Waals surface area contributed by atoms with E-state index in [1.807, 2.05) is 0 Å². The molecule has 2 N–H and O–H groups in total. The number of benzene rings is 1. The molecule has 2 rings (SSSR count). The zero-order valence-corrected chi connectivity index (χ0v) is 8.20. The van der Waals surface area contributed by atoms with E-state index in [1.165, 1.54) is 12.1 Å².